The Morgan fingerprint density at radius 2 is 2.22 bits per heavy atom. The summed E-state index contributed by atoms with van der Waals surface area (Å²) in [6.45, 7) is 1.81. The third-order valence-corrected chi connectivity index (χ3v) is 3.81. The highest BCUT2D eigenvalue weighted by atomic mass is 32.2. The molecule has 0 spiro atoms. The van der Waals surface area contributed by atoms with Crippen LogP contribution in [0.1, 0.15) is 13.3 Å². The van der Waals surface area contributed by atoms with Gasteiger partial charge in [-0.15, -0.1) is 5.10 Å². The van der Waals surface area contributed by atoms with Crippen LogP contribution in [0.2, 0.25) is 0 Å². The predicted molar refractivity (Wildman–Crippen MR) is 70.2 cm³/mol. The number of aromatic nitrogens is 3. The Balaban J connectivity index is 2.30. The minimum Gasteiger partial charge on any atom is -0.372 e. The van der Waals surface area contributed by atoms with Crippen LogP contribution in [0.3, 0.4) is 0 Å². The minimum absolute atomic E-state index is 0.0892. The van der Waals surface area contributed by atoms with E-state index < -0.39 is 10.0 Å². The maximum atomic E-state index is 11.6. The molecule has 0 aromatic carbocycles. The summed E-state index contributed by atoms with van der Waals surface area (Å²) in [6, 6.07) is 1.77. The fourth-order valence-corrected chi connectivity index (χ4v) is 2.65. The first kappa shape index (κ1) is 12.6. The van der Waals surface area contributed by atoms with Crippen molar-refractivity contribution in [3.8, 4) is 0 Å². The molecule has 0 aliphatic carbocycles. The maximum absolute atomic E-state index is 11.6. The Kier molecular flexibility index (Phi) is 3.37. The van der Waals surface area contributed by atoms with E-state index in [4.69, 9.17) is 0 Å². The fourth-order valence-electron chi connectivity index (χ4n) is 1.55. The first-order valence-corrected chi connectivity index (χ1v) is 7.23. The summed E-state index contributed by atoms with van der Waals surface area (Å²) in [4.78, 5) is 4.13. The van der Waals surface area contributed by atoms with Crippen molar-refractivity contribution in [3.05, 3.63) is 18.5 Å². The van der Waals surface area contributed by atoms with E-state index in [-0.39, 0.29) is 5.75 Å². The molecule has 0 bridgehead atoms. The molecule has 0 unspecified atom stereocenters. The van der Waals surface area contributed by atoms with E-state index in [0.717, 1.165) is 0 Å². The van der Waals surface area contributed by atoms with Crippen LogP contribution in [0.5, 0.6) is 0 Å². The zero-order valence-electron chi connectivity index (χ0n) is 10.2. The first-order valence-electron chi connectivity index (χ1n) is 5.58. The number of sulfonamides is 1. The zero-order valence-corrected chi connectivity index (χ0v) is 11.0. The molecule has 98 valence electrons. The SMILES string of the molecule is CCCS(=O)(=O)Nc1cnc2cc(NC)nn2c1. The van der Waals surface area contributed by atoms with Crippen LogP contribution < -0.4 is 10.0 Å². The topological polar surface area (TPSA) is 88.4 Å². The van der Waals surface area contributed by atoms with Crippen LogP contribution in [-0.2, 0) is 10.0 Å². The summed E-state index contributed by atoms with van der Waals surface area (Å²) in [5.41, 5.74) is 1.06. The number of nitrogens with zero attached hydrogens (tertiary/aromatic N) is 3. The summed E-state index contributed by atoms with van der Waals surface area (Å²) in [7, 11) is -1.54. The lowest BCUT2D eigenvalue weighted by Gasteiger charge is -2.06. The van der Waals surface area contributed by atoms with Gasteiger partial charge in [-0.1, -0.05) is 6.92 Å². The van der Waals surface area contributed by atoms with E-state index in [2.05, 4.69) is 20.1 Å². The van der Waals surface area contributed by atoms with Gasteiger partial charge in [0.15, 0.2) is 5.65 Å². The lowest BCUT2D eigenvalue weighted by molar-refractivity contribution is 0.600. The van der Waals surface area contributed by atoms with E-state index in [9.17, 15) is 8.42 Å². The molecule has 0 aliphatic rings. The van der Waals surface area contributed by atoms with E-state index >= 15 is 0 Å². The van der Waals surface area contributed by atoms with Crippen LogP contribution in [0.25, 0.3) is 5.65 Å². The number of nitrogens with one attached hydrogen (secondary N) is 2. The molecule has 2 aromatic heterocycles. The number of fused-ring (bicyclic) bond motifs is 1. The summed E-state index contributed by atoms with van der Waals surface area (Å²) in [5.74, 6) is 0.766. The third kappa shape index (κ3) is 2.70. The molecule has 0 saturated carbocycles. The highest BCUT2D eigenvalue weighted by Gasteiger charge is 2.10. The van der Waals surface area contributed by atoms with Gasteiger partial charge in [0.25, 0.3) is 0 Å². The molecular formula is C10H15N5O2S. The minimum atomic E-state index is -3.30. The van der Waals surface area contributed by atoms with Crippen molar-refractivity contribution in [1.82, 2.24) is 14.6 Å². The number of hydrogen-bond donors (Lipinski definition) is 2. The van der Waals surface area contributed by atoms with Gasteiger partial charge in [-0.2, -0.15) is 0 Å². The van der Waals surface area contributed by atoms with Gasteiger partial charge < -0.3 is 5.32 Å². The molecular weight excluding hydrogens is 254 g/mol. The molecule has 0 aliphatic heterocycles. The molecule has 8 heteroatoms. The monoisotopic (exact) mass is 269 g/mol. The van der Waals surface area contributed by atoms with Crippen LogP contribution in [0, 0.1) is 0 Å². The van der Waals surface area contributed by atoms with Gasteiger partial charge in [0.1, 0.15) is 5.82 Å². The summed E-state index contributed by atoms with van der Waals surface area (Å²) >= 11 is 0. The number of anilines is 2. The highest BCUT2D eigenvalue weighted by Crippen LogP contribution is 2.13. The van der Waals surface area contributed by atoms with Crippen molar-refractivity contribution in [2.45, 2.75) is 13.3 Å². The second-order valence-corrected chi connectivity index (χ2v) is 5.69. The zero-order chi connectivity index (χ0) is 13.2. The van der Waals surface area contributed by atoms with Gasteiger partial charge in [-0.25, -0.2) is 17.9 Å². The predicted octanol–water partition coefficient (Wildman–Crippen LogP) is 0.923. The average Bonchev–Trinajstić information content (AvgIpc) is 2.70. The van der Waals surface area contributed by atoms with Crippen molar-refractivity contribution in [2.24, 2.45) is 0 Å². The van der Waals surface area contributed by atoms with Crippen molar-refractivity contribution in [3.63, 3.8) is 0 Å². The van der Waals surface area contributed by atoms with Gasteiger partial charge in [-0.05, 0) is 6.42 Å². The Morgan fingerprint density at radius 1 is 1.44 bits per heavy atom. The first-order chi connectivity index (χ1) is 8.54. The highest BCUT2D eigenvalue weighted by molar-refractivity contribution is 7.92. The van der Waals surface area contributed by atoms with Crippen LogP contribution in [-0.4, -0.2) is 35.8 Å². The lowest BCUT2D eigenvalue weighted by atomic mass is 10.5. The number of hydrogen-bond acceptors (Lipinski definition) is 5. The smallest absolute Gasteiger partial charge is 0.232 e. The van der Waals surface area contributed by atoms with Gasteiger partial charge in [0.2, 0.25) is 10.0 Å². The number of rotatable bonds is 5. The van der Waals surface area contributed by atoms with Crippen LogP contribution in [0.4, 0.5) is 11.5 Å². The van der Waals surface area contributed by atoms with Gasteiger partial charge in [0, 0.05) is 13.1 Å². The third-order valence-electron chi connectivity index (χ3n) is 2.32. The van der Waals surface area contributed by atoms with Gasteiger partial charge in [-0.3, -0.25) is 4.72 Å². The molecule has 7 nitrogen and oxygen atoms in total. The molecule has 0 radical (unpaired) electrons. The second-order valence-electron chi connectivity index (χ2n) is 3.85. The molecule has 0 amide bonds. The molecule has 2 heterocycles. The summed E-state index contributed by atoms with van der Waals surface area (Å²) in [5, 5.41) is 7.07. The second kappa shape index (κ2) is 4.81. The van der Waals surface area contributed by atoms with Gasteiger partial charge >= 0.3 is 0 Å². The normalized spacial score (nSPS) is 11.7. The Bertz CT molecular complexity index is 649. The van der Waals surface area contributed by atoms with Crippen LogP contribution >= 0.6 is 0 Å². The molecule has 2 N–H and O–H groups in total. The van der Waals surface area contributed by atoms with Crippen molar-refractivity contribution < 1.29 is 8.42 Å². The molecule has 0 atom stereocenters. The van der Waals surface area contributed by atoms with E-state index in [0.29, 0.717) is 23.6 Å². The molecule has 0 fully saturated rings. The van der Waals surface area contributed by atoms with Crippen molar-refractivity contribution in [2.75, 3.05) is 22.8 Å². The maximum Gasteiger partial charge on any atom is 0.232 e. The molecule has 0 saturated heterocycles. The van der Waals surface area contributed by atoms with E-state index in [1.807, 2.05) is 6.92 Å². The van der Waals surface area contributed by atoms with Gasteiger partial charge in [0.05, 0.1) is 23.8 Å². The van der Waals surface area contributed by atoms with Crippen molar-refractivity contribution in [1.29, 1.82) is 0 Å². The quantitative estimate of drug-likeness (QED) is 0.842. The van der Waals surface area contributed by atoms with Crippen LogP contribution in [0.15, 0.2) is 18.5 Å². The Hall–Kier alpha value is -1.83. The Labute approximate surface area is 105 Å². The molecule has 18 heavy (non-hydrogen) atoms. The average molecular weight is 269 g/mol. The summed E-state index contributed by atoms with van der Waals surface area (Å²) in [6.07, 6.45) is 3.64. The molecule has 2 aromatic rings. The fraction of sp³-hybridized carbons (Fsp3) is 0.400. The largest absolute Gasteiger partial charge is 0.372 e. The molecule has 2 rings (SSSR count). The summed E-state index contributed by atoms with van der Waals surface area (Å²) < 4.78 is 27.2. The van der Waals surface area contributed by atoms with E-state index in [1.165, 1.54) is 10.7 Å². The van der Waals surface area contributed by atoms with Crippen molar-refractivity contribution >= 4 is 27.2 Å². The lowest BCUT2D eigenvalue weighted by Crippen LogP contribution is -2.16. The Morgan fingerprint density at radius 3 is 2.89 bits per heavy atom. The van der Waals surface area contributed by atoms with E-state index in [1.54, 1.807) is 19.3 Å². The standard InChI is InChI=1S/C10H15N5O2S/c1-3-4-18(16,17)14-8-6-12-10-5-9(11-2)13-15(10)7-8/h5-7,14H,3-4H2,1-2H3,(H,11,13).